The van der Waals surface area contributed by atoms with Crippen molar-refractivity contribution < 1.29 is 9.53 Å². The van der Waals surface area contributed by atoms with Crippen LogP contribution in [0, 0.1) is 0 Å². The Balaban J connectivity index is 1.35. The zero-order valence-corrected chi connectivity index (χ0v) is 19.0. The Bertz CT molecular complexity index is 940. The Morgan fingerprint density at radius 1 is 1.00 bits per heavy atom. The fraction of sp³-hybridized carbons (Fsp3) is 0.417. The van der Waals surface area contributed by atoms with E-state index in [1.54, 1.807) is 12.1 Å². The number of rotatable bonds is 8. The largest absolute Gasteiger partial charge is 0.494 e. The molecule has 1 amide bonds. The van der Waals surface area contributed by atoms with Crippen molar-refractivity contribution in [1.29, 1.82) is 0 Å². The van der Waals surface area contributed by atoms with Crippen molar-refractivity contribution >= 4 is 34.8 Å². The monoisotopic (exact) mass is 459 g/mol. The molecule has 0 aromatic heterocycles. The molecule has 164 valence electrons. The summed E-state index contributed by atoms with van der Waals surface area (Å²) in [4.78, 5) is 14.9. The maximum atomic E-state index is 12.4. The van der Waals surface area contributed by atoms with Crippen molar-refractivity contribution in [3.05, 3.63) is 63.6 Å². The summed E-state index contributed by atoms with van der Waals surface area (Å²) in [5.41, 5.74) is 2.72. The lowest BCUT2D eigenvalue weighted by Crippen LogP contribution is -2.31. The highest BCUT2D eigenvalue weighted by Gasteiger charge is 2.22. The van der Waals surface area contributed by atoms with Gasteiger partial charge in [0.15, 0.2) is 0 Å². The average Bonchev–Trinajstić information content (AvgIpc) is 3.29. The number of benzene rings is 2. The second kappa shape index (κ2) is 10.5. The first-order valence-corrected chi connectivity index (χ1v) is 11.6. The van der Waals surface area contributed by atoms with E-state index in [0.29, 0.717) is 29.4 Å². The third kappa shape index (κ3) is 6.00. The highest BCUT2D eigenvalue weighted by atomic mass is 35.5. The molecule has 2 aliphatic heterocycles. The molecule has 5 nitrogen and oxygen atoms in total. The average molecular weight is 460 g/mol. The molecule has 2 heterocycles. The number of hydrogen-bond acceptors (Lipinski definition) is 4. The number of hydrazone groups is 1. The van der Waals surface area contributed by atoms with Gasteiger partial charge in [-0.1, -0.05) is 29.3 Å². The van der Waals surface area contributed by atoms with E-state index in [2.05, 4.69) is 10.0 Å². The molecular formula is C24H27Cl2N3O2. The number of likely N-dealkylation sites (tertiary alicyclic amines) is 1. The number of carbonyl (C=O) groups excluding carboxylic acids is 1. The molecule has 0 N–H and O–H groups in total. The van der Waals surface area contributed by atoms with Crippen LogP contribution in [-0.4, -0.2) is 47.8 Å². The van der Waals surface area contributed by atoms with Crippen LogP contribution in [0.4, 0.5) is 0 Å². The van der Waals surface area contributed by atoms with Gasteiger partial charge in [-0.3, -0.25) is 4.79 Å². The lowest BCUT2D eigenvalue weighted by atomic mass is 10.0. The molecule has 1 saturated heterocycles. The molecule has 0 bridgehead atoms. The summed E-state index contributed by atoms with van der Waals surface area (Å²) in [6.45, 7) is 4.61. The van der Waals surface area contributed by atoms with Crippen molar-refractivity contribution in [3.8, 4) is 5.75 Å². The van der Waals surface area contributed by atoms with Crippen LogP contribution in [0.25, 0.3) is 0 Å². The summed E-state index contributed by atoms with van der Waals surface area (Å²) in [6.07, 6.45) is 4.74. The molecule has 1 fully saturated rings. The van der Waals surface area contributed by atoms with Crippen molar-refractivity contribution in [2.24, 2.45) is 5.10 Å². The van der Waals surface area contributed by atoms with E-state index in [4.69, 9.17) is 27.9 Å². The first kappa shape index (κ1) is 22.1. The van der Waals surface area contributed by atoms with Crippen LogP contribution in [0.2, 0.25) is 10.0 Å². The molecule has 0 aliphatic carbocycles. The number of ether oxygens (including phenoxy) is 1. The van der Waals surface area contributed by atoms with E-state index in [9.17, 15) is 4.79 Å². The van der Waals surface area contributed by atoms with Crippen molar-refractivity contribution in [1.82, 2.24) is 9.91 Å². The van der Waals surface area contributed by atoms with Crippen molar-refractivity contribution in [2.45, 2.75) is 38.6 Å². The Hall–Kier alpha value is -2.08. The predicted molar refractivity (Wildman–Crippen MR) is 125 cm³/mol. The van der Waals surface area contributed by atoms with Gasteiger partial charge in [0.25, 0.3) is 0 Å². The van der Waals surface area contributed by atoms with Crippen molar-refractivity contribution in [3.63, 3.8) is 0 Å². The molecule has 7 heteroatoms. The first-order chi connectivity index (χ1) is 15.1. The third-order valence-corrected chi connectivity index (χ3v) is 6.30. The van der Waals surface area contributed by atoms with Gasteiger partial charge in [0.05, 0.1) is 18.9 Å². The second-order valence-electron chi connectivity index (χ2n) is 8.01. The second-order valence-corrected chi connectivity index (χ2v) is 8.85. The highest BCUT2D eigenvalue weighted by Crippen LogP contribution is 2.25. The van der Waals surface area contributed by atoms with Crippen LogP contribution < -0.4 is 4.74 Å². The molecule has 0 spiro atoms. The fourth-order valence-corrected chi connectivity index (χ4v) is 4.44. The van der Waals surface area contributed by atoms with E-state index in [0.717, 1.165) is 42.2 Å². The summed E-state index contributed by atoms with van der Waals surface area (Å²) < 4.78 is 5.89. The van der Waals surface area contributed by atoms with Crippen LogP contribution >= 0.6 is 23.2 Å². The van der Waals surface area contributed by atoms with Gasteiger partial charge in [0.2, 0.25) is 5.91 Å². The molecule has 4 rings (SSSR count). The van der Waals surface area contributed by atoms with Crippen LogP contribution in [0.3, 0.4) is 0 Å². The van der Waals surface area contributed by atoms with E-state index in [1.807, 2.05) is 30.3 Å². The van der Waals surface area contributed by atoms with E-state index >= 15 is 0 Å². The van der Waals surface area contributed by atoms with Crippen LogP contribution in [0.1, 0.15) is 43.2 Å². The van der Waals surface area contributed by atoms with E-state index < -0.39 is 0 Å². The van der Waals surface area contributed by atoms with E-state index in [1.165, 1.54) is 30.9 Å². The van der Waals surface area contributed by atoms with E-state index in [-0.39, 0.29) is 5.91 Å². The lowest BCUT2D eigenvalue weighted by molar-refractivity contribution is -0.132. The summed E-state index contributed by atoms with van der Waals surface area (Å²) in [7, 11) is 0. The molecule has 2 aromatic carbocycles. The minimum Gasteiger partial charge on any atom is -0.494 e. The minimum absolute atomic E-state index is 0.00674. The topological polar surface area (TPSA) is 45.1 Å². The predicted octanol–water partition coefficient (Wildman–Crippen LogP) is 5.38. The van der Waals surface area contributed by atoms with Gasteiger partial charge in [-0.05, 0) is 79.9 Å². The maximum absolute atomic E-state index is 12.4. The number of carbonyl (C=O) groups is 1. The standard InChI is InChI=1S/C24H27Cl2N3O2/c25-20-7-4-19(22(26)16-20)17-29-24(30)11-10-23(27-29)18-5-8-21(9-6-18)31-15-3-14-28-12-1-2-13-28/h4-9,16H,1-3,10-15,17H2. The minimum atomic E-state index is -0.00674. The highest BCUT2D eigenvalue weighted by molar-refractivity contribution is 6.35. The zero-order chi connectivity index (χ0) is 21.6. The number of nitrogens with zero attached hydrogens (tertiary/aromatic N) is 3. The molecule has 0 radical (unpaired) electrons. The number of hydrogen-bond donors (Lipinski definition) is 0. The summed E-state index contributed by atoms with van der Waals surface area (Å²) in [5, 5.41) is 7.21. The van der Waals surface area contributed by atoms with Gasteiger partial charge in [-0.2, -0.15) is 5.10 Å². The smallest absolute Gasteiger partial charge is 0.243 e. The third-order valence-electron chi connectivity index (χ3n) is 5.71. The molecule has 31 heavy (non-hydrogen) atoms. The summed E-state index contributed by atoms with van der Waals surface area (Å²) in [6, 6.07) is 13.3. The first-order valence-electron chi connectivity index (χ1n) is 10.9. The van der Waals surface area contributed by atoms with Crippen LogP contribution in [-0.2, 0) is 11.3 Å². The molecule has 0 atom stereocenters. The maximum Gasteiger partial charge on any atom is 0.243 e. The zero-order valence-electron chi connectivity index (χ0n) is 17.5. The van der Waals surface area contributed by atoms with Gasteiger partial charge in [0.1, 0.15) is 5.75 Å². The Labute approximate surface area is 193 Å². The Morgan fingerprint density at radius 2 is 1.77 bits per heavy atom. The molecule has 2 aliphatic rings. The Morgan fingerprint density at radius 3 is 2.52 bits per heavy atom. The molecular weight excluding hydrogens is 433 g/mol. The summed E-state index contributed by atoms with van der Waals surface area (Å²) in [5.74, 6) is 0.857. The van der Waals surface area contributed by atoms with Gasteiger partial charge >= 0.3 is 0 Å². The van der Waals surface area contributed by atoms with Crippen molar-refractivity contribution in [2.75, 3.05) is 26.2 Å². The lowest BCUT2D eigenvalue weighted by Gasteiger charge is -2.24. The van der Waals surface area contributed by atoms with Gasteiger partial charge in [-0.15, -0.1) is 0 Å². The SMILES string of the molecule is O=C1CCC(c2ccc(OCCCN3CCCC3)cc2)=NN1Cc1ccc(Cl)cc1Cl. The van der Waals surface area contributed by atoms with Gasteiger partial charge in [-0.25, -0.2) is 5.01 Å². The molecule has 0 saturated carbocycles. The van der Waals surface area contributed by atoms with Crippen LogP contribution in [0.15, 0.2) is 47.6 Å². The number of halogens is 2. The molecule has 2 aromatic rings. The molecule has 0 unspecified atom stereocenters. The number of amides is 1. The Kier molecular flexibility index (Phi) is 7.49. The fourth-order valence-electron chi connectivity index (χ4n) is 3.97. The van der Waals surface area contributed by atoms with Crippen LogP contribution in [0.5, 0.6) is 5.75 Å². The van der Waals surface area contributed by atoms with Gasteiger partial charge in [0, 0.05) is 29.4 Å². The van der Waals surface area contributed by atoms with Gasteiger partial charge < -0.3 is 9.64 Å². The normalized spacial score (nSPS) is 17.2. The quantitative estimate of drug-likeness (QED) is 0.497. The summed E-state index contributed by atoms with van der Waals surface area (Å²) >= 11 is 12.2.